The van der Waals surface area contributed by atoms with Gasteiger partial charge in [0, 0.05) is 0 Å². The zero-order valence-electron chi connectivity index (χ0n) is 16.3. The molecule has 0 unspecified atom stereocenters. The maximum Gasteiger partial charge on any atom is 0.0991 e. The van der Waals surface area contributed by atoms with E-state index in [-0.39, 0.29) is 0 Å². The molecule has 6 aromatic rings. The molecule has 0 spiro atoms. The highest BCUT2D eigenvalue weighted by atomic mass is 14.2. The van der Waals surface area contributed by atoms with Crippen LogP contribution >= 0.6 is 0 Å². The van der Waals surface area contributed by atoms with Crippen LogP contribution in [-0.2, 0) is 0 Å². The van der Waals surface area contributed by atoms with Crippen LogP contribution in [0.15, 0.2) is 103 Å². The van der Waals surface area contributed by atoms with Gasteiger partial charge in [-0.15, -0.1) is 0 Å². The van der Waals surface area contributed by atoms with Crippen LogP contribution in [0.3, 0.4) is 0 Å². The molecule has 0 bridgehead atoms. The zero-order chi connectivity index (χ0) is 20.1. The summed E-state index contributed by atoms with van der Waals surface area (Å²) in [4.78, 5) is 0. The summed E-state index contributed by atoms with van der Waals surface area (Å²) in [5.41, 5.74) is 2.92. The summed E-state index contributed by atoms with van der Waals surface area (Å²) in [6.07, 6.45) is 0. The molecule has 0 radical (unpaired) electrons. The fourth-order valence-corrected chi connectivity index (χ4v) is 4.76. The molecule has 0 N–H and O–H groups in total. The Balaban J connectivity index is 1.90. The first-order valence-corrected chi connectivity index (χ1v) is 10.1. The van der Waals surface area contributed by atoms with Crippen molar-refractivity contribution < 1.29 is 0 Å². The molecule has 138 valence electrons. The van der Waals surface area contributed by atoms with Crippen LogP contribution in [0.1, 0.15) is 5.56 Å². The van der Waals surface area contributed by atoms with E-state index in [9.17, 15) is 5.26 Å². The monoisotopic (exact) mass is 379 g/mol. The van der Waals surface area contributed by atoms with E-state index in [1.807, 2.05) is 18.2 Å². The Morgan fingerprint density at radius 1 is 0.467 bits per heavy atom. The molecule has 30 heavy (non-hydrogen) atoms. The Labute approximate surface area is 174 Å². The number of nitriles is 1. The molecule has 0 aliphatic heterocycles. The lowest BCUT2D eigenvalue weighted by atomic mass is 9.87. The third kappa shape index (κ3) is 2.35. The maximum absolute atomic E-state index is 9.40. The molecular weight excluding hydrogens is 362 g/mol. The van der Waals surface area contributed by atoms with E-state index in [4.69, 9.17) is 0 Å². The molecule has 0 aliphatic rings. The summed E-state index contributed by atoms with van der Waals surface area (Å²) in [7, 11) is 0. The van der Waals surface area contributed by atoms with E-state index in [1.54, 1.807) is 0 Å². The second kappa shape index (κ2) is 6.44. The maximum atomic E-state index is 9.40. The van der Waals surface area contributed by atoms with Gasteiger partial charge < -0.3 is 0 Å². The number of hydrogen-bond acceptors (Lipinski definition) is 1. The van der Waals surface area contributed by atoms with Gasteiger partial charge in [-0.25, -0.2) is 0 Å². The Kier molecular flexibility index (Phi) is 3.60. The highest BCUT2D eigenvalue weighted by Crippen LogP contribution is 2.42. The molecule has 0 aliphatic carbocycles. The van der Waals surface area contributed by atoms with Crippen LogP contribution in [0.25, 0.3) is 54.2 Å². The van der Waals surface area contributed by atoms with Crippen molar-refractivity contribution in [2.75, 3.05) is 0 Å². The number of rotatable bonds is 1. The fraction of sp³-hybridized carbons (Fsp3) is 0. The van der Waals surface area contributed by atoms with Crippen molar-refractivity contribution >= 4 is 43.1 Å². The molecule has 0 aromatic heterocycles. The number of fused-ring (bicyclic) bond motifs is 8. The summed E-state index contributed by atoms with van der Waals surface area (Å²) < 4.78 is 0. The molecular formula is C29H17N. The highest BCUT2D eigenvalue weighted by molar-refractivity contribution is 6.32. The molecule has 6 rings (SSSR count). The van der Waals surface area contributed by atoms with Gasteiger partial charge in [-0.3, -0.25) is 0 Å². The molecule has 0 fully saturated rings. The summed E-state index contributed by atoms with van der Waals surface area (Å²) in [6, 6.07) is 38.4. The van der Waals surface area contributed by atoms with Crippen LogP contribution in [0.5, 0.6) is 0 Å². The first-order valence-electron chi connectivity index (χ1n) is 10.1. The zero-order valence-corrected chi connectivity index (χ0v) is 16.3. The van der Waals surface area contributed by atoms with E-state index >= 15 is 0 Å². The standard InChI is InChI=1S/C29H17N/c30-18-19-8-7-9-20(16-19)27-17-28-23-12-2-1-10-21(23)22-11-3-5-14-25(22)29(28)26-15-6-4-13-24(26)27/h1-17H. The summed E-state index contributed by atoms with van der Waals surface area (Å²) >= 11 is 0. The minimum atomic E-state index is 0.681. The third-order valence-electron chi connectivity index (χ3n) is 6.05. The molecule has 0 heterocycles. The van der Waals surface area contributed by atoms with Crippen molar-refractivity contribution in [2.24, 2.45) is 0 Å². The molecule has 1 heteroatoms. The Morgan fingerprint density at radius 2 is 1.00 bits per heavy atom. The van der Waals surface area contributed by atoms with Crippen molar-refractivity contribution in [1.82, 2.24) is 0 Å². The smallest absolute Gasteiger partial charge is 0.0991 e. The van der Waals surface area contributed by atoms with Gasteiger partial charge in [0.1, 0.15) is 0 Å². The lowest BCUT2D eigenvalue weighted by molar-refractivity contribution is 1.48. The molecule has 0 amide bonds. The Bertz CT molecular complexity index is 1650. The third-order valence-corrected chi connectivity index (χ3v) is 6.05. The van der Waals surface area contributed by atoms with E-state index in [0.29, 0.717) is 5.56 Å². The molecule has 0 saturated heterocycles. The van der Waals surface area contributed by atoms with E-state index in [1.165, 1.54) is 43.1 Å². The first kappa shape index (κ1) is 16.8. The van der Waals surface area contributed by atoms with Crippen LogP contribution < -0.4 is 0 Å². The van der Waals surface area contributed by atoms with Crippen molar-refractivity contribution in [3.8, 4) is 17.2 Å². The fourth-order valence-electron chi connectivity index (χ4n) is 4.76. The van der Waals surface area contributed by atoms with Gasteiger partial charge in [0.05, 0.1) is 11.6 Å². The minimum Gasteiger partial charge on any atom is -0.192 e. The second-order valence-electron chi connectivity index (χ2n) is 7.68. The summed E-state index contributed by atoms with van der Waals surface area (Å²) in [5.74, 6) is 0. The Hall–Kier alpha value is -4.15. The van der Waals surface area contributed by atoms with Crippen LogP contribution in [0.4, 0.5) is 0 Å². The number of nitrogens with zero attached hydrogens (tertiary/aromatic N) is 1. The van der Waals surface area contributed by atoms with Gasteiger partial charge in [0.25, 0.3) is 0 Å². The van der Waals surface area contributed by atoms with Crippen molar-refractivity contribution in [3.05, 3.63) is 109 Å². The number of hydrogen-bond donors (Lipinski definition) is 0. The van der Waals surface area contributed by atoms with Gasteiger partial charge in [0.2, 0.25) is 0 Å². The van der Waals surface area contributed by atoms with Gasteiger partial charge >= 0.3 is 0 Å². The number of benzene rings is 6. The molecule has 0 saturated carbocycles. The average Bonchev–Trinajstić information content (AvgIpc) is 2.83. The van der Waals surface area contributed by atoms with Crippen molar-refractivity contribution in [2.45, 2.75) is 0 Å². The van der Waals surface area contributed by atoms with Crippen molar-refractivity contribution in [3.63, 3.8) is 0 Å². The quantitative estimate of drug-likeness (QED) is 0.267. The summed E-state index contributed by atoms with van der Waals surface area (Å²) in [5, 5.41) is 19.5. The van der Waals surface area contributed by atoms with Crippen LogP contribution in [0.2, 0.25) is 0 Å². The first-order chi connectivity index (χ1) is 14.8. The predicted octanol–water partition coefficient (Wildman–Crippen LogP) is 7.84. The molecule has 1 nitrogen and oxygen atoms in total. The van der Waals surface area contributed by atoms with Gasteiger partial charge in [-0.1, -0.05) is 84.9 Å². The summed E-state index contributed by atoms with van der Waals surface area (Å²) in [6.45, 7) is 0. The van der Waals surface area contributed by atoms with Crippen LogP contribution in [0, 0.1) is 11.3 Å². The highest BCUT2D eigenvalue weighted by Gasteiger charge is 2.14. The van der Waals surface area contributed by atoms with E-state index in [2.05, 4.69) is 91.0 Å². The lowest BCUT2D eigenvalue weighted by Crippen LogP contribution is -1.89. The van der Waals surface area contributed by atoms with Gasteiger partial charge in [-0.2, -0.15) is 5.26 Å². The molecule has 6 aromatic carbocycles. The topological polar surface area (TPSA) is 23.8 Å². The van der Waals surface area contributed by atoms with Crippen LogP contribution in [-0.4, -0.2) is 0 Å². The Morgan fingerprint density at radius 3 is 1.67 bits per heavy atom. The predicted molar refractivity (Wildman–Crippen MR) is 127 cm³/mol. The average molecular weight is 379 g/mol. The SMILES string of the molecule is N#Cc1cccc(-c2cc3c4ccccc4c4ccccc4c3c3ccccc23)c1. The van der Waals surface area contributed by atoms with Crippen molar-refractivity contribution in [1.29, 1.82) is 5.26 Å². The second-order valence-corrected chi connectivity index (χ2v) is 7.68. The van der Waals surface area contributed by atoms with E-state index in [0.717, 1.165) is 11.1 Å². The normalized spacial score (nSPS) is 11.3. The lowest BCUT2D eigenvalue weighted by Gasteiger charge is -2.16. The minimum absolute atomic E-state index is 0.681. The largest absolute Gasteiger partial charge is 0.192 e. The van der Waals surface area contributed by atoms with Gasteiger partial charge in [0.15, 0.2) is 0 Å². The van der Waals surface area contributed by atoms with E-state index < -0.39 is 0 Å². The van der Waals surface area contributed by atoms with Gasteiger partial charge in [-0.05, 0) is 72.4 Å². The molecule has 0 atom stereocenters.